The van der Waals surface area contributed by atoms with Gasteiger partial charge in [0.05, 0.1) is 53.3 Å². The SMILES string of the molecule is Cc1cn([C@H]2C[C@H](N=[N+]=[N-])[C@@H](COP(=O)(OCCS(=O)(=O)c3ccccc3)OCCS(=O)(=O)c3ccccc3)O2)c(=O)[nH]c1=O. The zero-order valence-corrected chi connectivity index (χ0v) is 26.4. The first-order valence-corrected chi connectivity index (χ1v) is 18.2. The highest BCUT2D eigenvalue weighted by Crippen LogP contribution is 2.50. The maximum atomic E-state index is 13.7. The van der Waals surface area contributed by atoms with Crippen LogP contribution in [0.1, 0.15) is 18.2 Å². The van der Waals surface area contributed by atoms with Gasteiger partial charge < -0.3 is 4.74 Å². The highest BCUT2D eigenvalue weighted by molar-refractivity contribution is 7.91. The lowest BCUT2D eigenvalue weighted by Crippen LogP contribution is -2.33. The topological polar surface area (TPSA) is 226 Å². The first-order chi connectivity index (χ1) is 21.3. The number of H-pyrrole nitrogens is 1. The van der Waals surface area contributed by atoms with Crippen molar-refractivity contribution in [3.05, 3.63) is 104 Å². The van der Waals surface area contributed by atoms with Crippen LogP contribution in [-0.2, 0) is 42.5 Å². The molecule has 0 saturated carbocycles. The molecule has 0 spiro atoms. The summed E-state index contributed by atoms with van der Waals surface area (Å²) in [5, 5.41) is 3.67. The molecule has 19 heteroatoms. The Balaban J connectivity index is 1.49. The van der Waals surface area contributed by atoms with Crippen molar-refractivity contribution in [2.24, 2.45) is 5.11 Å². The van der Waals surface area contributed by atoms with E-state index in [0.717, 1.165) is 4.57 Å². The van der Waals surface area contributed by atoms with Crippen LogP contribution in [0.25, 0.3) is 10.4 Å². The average Bonchev–Trinajstić information content (AvgIpc) is 3.41. The van der Waals surface area contributed by atoms with Crippen LogP contribution in [0.2, 0.25) is 0 Å². The maximum absolute atomic E-state index is 13.7. The zero-order valence-electron chi connectivity index (χ0n) is 23.9. The number of ether oxygens (including phenoxy) is 1. The molecule has 1 N–H and O–H groups in total. The van der Waals surface area contributed by atoms with E-state index in [1.54, 1.807) is 12.1 Å². The normalized spacial score (nSPS) is 18.8. The van der Waals surface area contributed by atoms with Crippen LogP contribution < -0.4 is 11.2 Å². The first kappa shape index (κ1) is 34.3. The molecule has 4 rings (SSSR count). The molecule has 1 aliphatic heterocycles. The molecule has 3 aromatic rings. The molecule has 45 heavy (non-hydrogen) atoms. The summed E-state index contributed by atoms with van der Waals surface area (Å²) in [5.74, 6) is -1.21. The van der Waals surface area contributed by atoms with Crippen LogP contribution in [0.3, 0.4) is 0 Å². The van der Waals surface area contributed by atoms with Gasteiger partial charge in [-0.05, 0) is 36.7 Å². The Hall–Kier alpha value is -3.60. The minimum absolute atomic E-state index is 0.00886. The fourth-order valence-corrected chi connectivity index (χ4v) is 7.96. The minimum Gasteiger partial charge on any atom is -0.352 e. The number of hydrogen-bond donors (Lipinski definition) is 1. The molecule has 242 valence electrons. The summed E-state index contributed by atoms with van der Waals surface area (Å²) < 4.78 is 87.5. The van der Waals surface area contributed by atoms with Gasteiger partial charge in [0.15, 0.2) is 19.7 Å². The molecular formula is C26H30N5O11PS2. The fraction of sp³-hybridized carbons (Fsp3) is 0.385. The summed E-state index contributed by atoms with van der Waals surface area (Å²) in [7, 11) is -12.3. The summed E-state index contributed by atoms with van der Waals surface area (Å²) in [5.41, 5.74) is 7.93. The Morgan fingerprint density at radius 1 is 0.956 bits per heavy atom. The standard InChI is InChI=1S/C26H30N5O11PS2/c1-19-17-31(26(33)28-25(19)32)24-16-22(29-30-27)23(42-24)18-41-43(34,39-12-14-44(35,36)20-8-4-2-5-9-20)40-13-15-45(37,38)21-10-6-3-7-11-21/h2-11,17,22-24H,12-16,18H2,1H3,(H,28,32,33)/t22-,23+,24+/m0/s1. The number of benzene rings is 2. The van der Waals surface area contributed by atoms with Gasteiger partial charge in [0.25, 0.3) is 5.56 Å². The molecule has 1 aliphatic rings. The average molecular weight is 684 g/mol. The van der Waals surface area contributed by atoms with Gasteiger partial charge in [-0.15, -0.1) is 0 Å². The molecule has 0 bridgehead atoms. The Labute approximate surface area is 258 Å². The quantitative estimate of drug-likeness (QED) is 0.106. The molecule has 2 heterocycles. The van der Waals surface area contributed by atoms with Crippen molar-refractivity contribution in [2.75, 3.05) is 31.3 Å². The fourth-order valence-electron chi connectivity index (χ4n) is 4.31. The molecular weight excluding hydrogens is 653 g/mol. The summed E-state index contributed by atoms with van der Waals surface area (Å²) in [6.45, 7) is -0.374. The molecule has 1 fully saturated rings. The maximum Gasteiger partial charge on any atom is 0.474 e. The van der Waals surface area contributed by atoms with E-state index in [2.05, 4.69) is 15.0 Å². The number of rotatable bonds is 15. The molecule has 0 amide bonds. The number of aryl methyl sites for hydroxylation is 1. The minimum atomic E-state index is -4.65. The van der Waals surface area contributed by atoms with Crippen molar-refractivity contribution < 1.29 is 39.7 Å². The second kappa shape index (κ2) is 14.7. The summed E-state index contributed by atoms with van der Waals surface area (Å²) >= 11 is 0. The van der Waals surface area contributed by atoms with Crippen LogP contribution in [0.4, 0.5) is 0 Å². The van der Waals surface area contributed by atoms with Crippen LogP contribution in [-0.4, -0.2) is 69.9 Å². The highest BCUT2D eigenvalue weighted by Gasteiger charge is 2.39. The van der Waals surface area contributed by atoms with E-state index in [0.29, 0.717) is 0 Å². The number of nitrogens with zero attached hydrogens (tertiary/aromatic N) is 4. The molecule has 3 atom stereocenters. The third-order valence-electron chi connectivity index (χ3n) is 6.66. The lowest BCUT2D eigenvalue weighted by atomic mass is 10.1. The third kappa shape index (κ3) is 8.99. The number of phosphoric ester groups is 1. The van der Waals surface area contributed by atoms with E-state index in [-0.39, 0.29) is 21.8 Å². The number of aromatic amines is 1. The number of hydrogen-bond acceptors (Lipinski definition) is 12. The molecule has 16 nitrogen and oxygen atoms in total. The van der Waals surface area contributed by atoms with Crippen LogP contribution in [0, 0.1) is 6.92 Å². The van der Waals surface area contributed by atoms with Crippen molar-refractivity contribution in [3.8, 4) is 0 Å². The predicted molar refractivity (Wildman–Crippen MR) is 160 cm³/mol. The van der Waals surface area contributed by atoms with Gasteiger partial charge in [0.1, 0.15) is 6.23 Å². The van der Waals surface area contributed by atoms with Crippen molar-refractivity contribution in [2.45, 2.75) is 41.5 Å². The Kier molecular flexibility index (Phi) is 11.2. The lowest BCUT2D eigenvalue weighted by molar-refractivity contribution is -0.0299. The summed E-state index contributed by atoms with van der Waals surface area (Å²) in [6, 6.07) is 14.0. The van der Waals surface area contributed by atoms with Crippen LogP contribution >= 0.6 is 7.82 Å². The summed E-state index contributed by atoms with van der Waals surface area (Å²) in [6.07, 6.45) is -0.822. The van der Waals surface area contributed by atoms with Gasteiger partial charge in [-0.3, -0.25) is 27.9 Å². The predicted octanol–water partition coefficient (Wildman–Crippen LogP) is 2.92. The van der Waals surface area contributed by atoms with E-state index in [9.17, 15) is 31.0 Å². The van der Waals surface area contributed by atoms with Crippen molar-refractivity contribution in [3.63, 3.8) is 0 Å². The lowest BCUT2D eigenvalue weighted by Gasteiger charge is -2.21. The molecule has 0 aliphatic carbocycles. The zero-order chi connectivity index (χ0) is 32.7. The van der Waals surface area contributed by atoms with Gasteiger partial charge in [-0.1, -0.05) is 41.5 Å². The molecule has 1 aromatic heterocycles. The number of sulfone groups is 2. The Bertz CT molecular complexity index is 1830. The second-order valence-corrected chi connectivity index (χ2v) is 15.7. The third-order valence-corrected chi connectivity index (χ3v) is 11.5. The molecule has 0 unspecified atom stereocenters. The van der Waals surface area contributed by atoms with Gasteiger partial charge in [0.2, 0.25) is 0 Å². The van der Waals surface area contributed by atoms with Crippen molar-refractivity contribution in [1.82, 2.24) is 9.55 Å². The largest absolute Gasteiger partial charge is 0.474 e. The van der Waals surface area contributed by atoms with Gasteiger partial charge in [0, 0.05) is 23.1 Å². The van der Waals surface area contributed by atoms with E-state index in [1.807, 2.05) is 0 Å². The van der Waals surface area contributed by atoms with Crippen LogP contribution in [0.15, 0.2) is 91.4 Å². The van der Waals surface area contributed by atoms with E-state index in [4.69, 9.17) is 23.8 Å². The van der Waals surface area contributed by atoms with E-state index >= 15 is 0 Å². The summed E-state index contributed by atoms with van der Waals surface area (Å²) in [4.78, 5) is 29.1. The second-order valence-electron chi connectivity index (χ2n) is 9.79. The van der Waals surface area contributed by atoms with E-state index < -0.39 is 88.4 Å². The Morgan fingerprint density at radius 3 is 2.00 bits per heavy atom. The Morgan fingerprint density at radius 2 is 1.49 bits per heavy atom. The first-order valence-electron chi connectivity index (χ1n) is 13.4. The highest BCUT2D eigenvalue weighted by atomic mass is 32.2. The number of aromatic nitrogens is 2. The molecule has 1 saturated heterocycles. The van der Waals surface area contributed by atoms with Crippen molar-refractivity contribution in [1.29, 1.82) is 0 Å². The van der Waals surface area contributed by atoms with Gasteiger partial charge in [-0.25, -0.2) is 26.2 Å². The monoisotopic (exact) mass is 683 g/mol. The van der Waals surface area contributed by atoms with Crippen LogP contribution in [0.5, 0.6) is 0 Å². The van der Waals surface area contributed by atoms with E-state index in [1.165, 1.54) is 61.7 Å². The number of phosphoric acid groups is 1. The van der Waals surface area contributed by atoms with Gasteiger partial charge in [-0.2, -0.15) is 0 Å². The molecule has 0 radical (unpaired) electrons. The molecule has 2 aromatic carbocycles. The number of azide groups is 1. The smallest absolute Gasteiger partial charge is 0.352 e. The van der Waals surface area contributed by atoms with Crippen molar-refractivity contribution >= 4 is 27.5 Å². The number of nitrogens with one attached hydrogen (secondary N) is 1. The van der Waals surface area contributed by atoms with Gasteiger partial charge >= 0.3 is 13.5 Å².